The van der Waals surface area contributed by atoms with Gasteiger partial charge in [-0.25, -0.2) is 12.8 Å². The van der Waals surface area contributed by atoms with Gasteiger partial charge in [0.15, 0.2) is 0 Å². The van der Waals surface area contributed by atoms with E-state index in [0.717, 1.165) is 11.8 Å². The van der Waals surface area contributed by atoms with Gasteiger partial charge in [0.05, 0.1) is 16.8 Å². The monoisotopic (exact) mass is 424 g/mol. The summed E-state index contributed by atoms with van der Waals surface area (Å²) in [5, 5.41) is 4.71. The number of carbonyl (C=O) groups excluding carboxylic acids is 1. The first kappa shape index (κ1) is 19.3. The standard InChI is InChI=1S/C18H14ClFN2O3S2/c1-27(24,25)22-16-8-13(19)7-15(9-16)21-18(23)17-6-12(10-26-17)11-3-2-4-14(20)5-11/h2-10,22H,1H3,(H,21,23). The fraction of sp³-hybridized carbons (Fsp3) is 0.0556. The molecule has 0 unspecified atom stereocenters. The number of halogens is 2. The third-order valence-electron chi connectivity index (χ3n) is 3.44. The topological polar surface area (TPSA) is 75.3 Å². The average Bonchev–Trinajstić information content (AvgIpc) is 3.02. The minimum atomic E-state index is -3.47. The lowest BCUT2D eigenvalue weighted by atomic mass is 10.1. The molecule has 2 N–H and O–H groups in total. The first-order valence-electron chi connectivity index (χ1n) is 7.64. The molecule has 0 radical (unpaired) electrons. The van der Waals surface area contributed by atoms with Gasteiger partial charge in [-0.1, -0.05) is 23.7 Å². The van der Waals surface area contributed by atoms with E-state index in [1.807, 2.05) is 0 Å². The molecule has 0 aliphatic rings. The van der Waals surface area contributed by atoms with Crippen molar-refractivity contribution in [3.05, 3.63) is 69.6 Å². The summed E-state index contributed by atoms with van der Waals surface area (Å²) in [6.07, 6.45) is 1.02. The van der Waals surface area contributed by atoms with E-state index in [0.29, 0.717) is 16.1 Å². The molecule has 3 aromatic rings. The van der Waals surface area contributed by atoms with Crippen LogP contribution in [-0.4, -0.2) is 20.6 Å². The van der Waals surface area contributed by atoms with E-state index in [-0.39, 0.29) is 22.4 Å². The van der Waals surface area contributed by atoms with Crippen LogP contribution in [0.15, 0.2) is 53.9 Å². The van der Waals surface area contributed by atoms with Crippen LogP contribution in [0, 0.1) is 5.82 Å². The van der Waals surface area contributed by atoms with Gasteiger partial charge in [-0.05, 0) is 52.9 Å². The minimum Gasteiger partial charge on any atom is -0.321 e. The summed E-state index contributed by atoms with van der Waals surface area (Å²) < 4.78 is 38.4. The molecule has 0 saturated heterocycles. The first-order valence-corrected chi connectivity index (χ1v) is 10.8. The number of nitrogens with one attached hydrogen (secondary N) is 2. The number of sulfonamides is 1. The Balaban J connectivity index is 1.80. The Morgan fingerprint density at radius 3 is 2.52 bits per heavy atom. The van der Waals surface area contributed by atoms with Gasteiger partial charge in [-0.15, -0.1) is 11.3 Å². The third kappa shape index (κ3) is 5.29. The van der Waals surface area contributed by atoms with Crippen LogP contribution >= 0.6 is 22.9 Å². The predicted octanol–water partition coefficient (Wildman–Crippen LogP) is 4.83. The highest BCUT2D eigenvalue weighted by Crippen LogP contribution is 2.28. The molecule has 3 rings (SSSR count). The lowest BCUT2D eigenvalue weighted by Crippen LogP contribution is -2.12. The van der Waals surface area contributed by atoms with Gasteiger partial charge in [0.1, 0.15) is 5.82 Å². The van der Waals surface area contributed by atoms with Crippen molar-refractivity contribution in [2.24, 2.45) is 0 Å². The van der Waals surface area contributed by atoms with Gasteiger partial charge in [-0.2, -0.15) is 0 Å². The van der Waals surface area contributed by atoms with Gasteiger partial charge in [0.25, 0.3) is 5.91 Å². The van der Waals surface area contributed by atoms with Crippen LogP contribution in [0.4, 0.5) is 15.8 Å². The Hall–Kier alpha value is -2.42. The van der Waals surface area contributed by atoms with Gasteiger partial charge in [0, 0.05) is 10.7 Å². The molecule has 0 atom stereocenters. The Kier molecular flexibility index (Phi) is 5.50. The Morgan fingerprint density at radius 2 is 1.81 bits per heavy atom. The highest BCUT2D eigenvalue weighted by atomic mass is 35.5. The Morgan fingerprint density at radius 1 is 1.07 bits per heavy atom. The number of anilines is 2. The Labute approximate surface area is 164 Å². The van der Waals surface area contributed by atoms with E-state index in [9.17, 15) is 17.6 Å². The normalized spacial score (nSPS) is 11.2. The average molecular weight is 425 g/mol. The molecule has 0 aliphatic heterocycles. The van der Waals surface area contributed by atoms with Crippen LogP contribution in [0.2, 0.25) is 5.02 Å². The molecule has 140 valence electrons. The van der Waals surface area contributed by atoms with Crippen molar-refractivity contribution < 1.29 is 17.6 Å². The van der Waals surface area contributed by atoms with Crippen LogP contribution in [0.5, 0.6) is 0 Å². The maximum absolute atomic E-state index is 13.4. The predicted molar refractivity (Wildman–Crippen MR) is 108 cm³/mol. The fourth-order valence-electron chi connectivity index (χ4n) is 2.40. The summed E-state index contributed by atoms with van der Waals surface area (Å²) in [5.74, 6) is -0.732. The number of amides is 1. The smallest absolute Gasteiger partial charge is 0.265 e. The molecule has 0 spiro atoms. The van der Waals surface area contributed by atoms with Crippen LogP contribution in [-0.2, 0) is 10.0 Å². The van der Waals surface area contributed by atoms with Crippen LogP contribution in [0.3, 0.4) is 0 Å². The summed E-state index contributed by atoms with van der Waals surface area (Å²) in [6, 6.07) is 12.2. The Bertz CT molecular complexity index is 1110. The maximum atomic E-state index is 13.4. The molecule has 27 heavy (non-hydrogen) atoms. The van der Waals surface area contributed by atoms with Crippen LogP contribution in [0.1, 0.15) is 9.67 Å². The second-order valence-electron chi connectivity index (χ2n) is 5.77. The molecular formula is C18H14ClFN2O3S2. The van der Waals surface area contributed by atoms with Crippen molar-refractivity contribution in [3.8, 4) is 11.1 Å². The third-order valence-corrected chi connectivity index (χ3v) is 5.19. The van der Waals surface area contributed by atoms with E-state index in [1.165, 1.54) is 41.7 Å². The fourth-order valence-corrected chi connectivity index (χ4v) is 3.99. The molecule has 0 saturated carbocycles. The zero-order valence-corrected chi connectivity index (χ0v) is 16.4. The van der Waals surface area contributed by atoms with Gasteiger partial charge >= 0.3 is 0 Å². The largest absolute Gasteiger partial charge is 0.321 e. The molecule has 5 nitrogen and oxygen atoms in total. The number of benzene rings is 2. The second kappa shape index (κ2) is 7.67. The lowest BCUT2D eigenvalue weighted by Gasteiger charge is -2.09. The minimum absolute atomic E-state index is 0.243. The molecule has 0 bridgehead atoms. The summed E-state index contributed by atoms with van der Waals surface area (Å²) in [5.41, 5.74) is 1.99. The lowest BCUT2D eigenvalue weighted by molar-refractivity contribution is 0.103. The number of carbonyl (C=O) groups is 1. The molecule has 2 aromatic carbocycles. The molecular weight excluding hydrogens is 411 g/mol. The maximum Gasteiger partial charge on any atom is 0.265 e. The van der Waals surface area contributed by atoms with Crippen LogP contribution < -0.4 is 10.0 Å². The summed E-state index contributed by atoms with van der Waals surface area (Å²) in [4.78, 5) is 12.9. The van der Waals surface area contributed by atoms with E-state index < -0.39 is 10.0 Å². The second-order valence-corrected chi connectivity index (χ2v) is 8.86. The van der Waals surface area contributed by atoms with Crippen molar-refractivity contribution in [2.45, 2.75) is 0 Å². The van der Waals surface area contributed by atoms with Gasteiger partial charge in [-0.3, -0.25) is 9.52 Å². The number of thiophene rings is 1. The zero-order valence-electron chi connectivity index (χ0n) is 14.0. The van der Waals surface area contributed by atoms with Crippen molar-refractivity contribution >= 4 is 50.2 Å². The quantitative estimate of drug-likeness (QED) is 0.615. The highest BCUT2D eigenvalue weighted by Gasteiger charge is 2.12. The molecule has 1 heterocycles. The number of rotatable bonds is 5. The van der Waals surface area contributed by atoms with Crippen molar-refractivity contribution in [3.63, 3.8) is 0 Å². The highest BCUT2D eigenvalue weighted by molar-refractivity contribution is 7.92. The molecule has 0 aliphatic carbocycles. The summed E-state index contributed by atoms with van der Waals surface area (Å²) in [7, 11) is -3.47. The van der Waals surface area contributed by atoms with Crippen molar-refractivity contribution in [1.82, 2.24) is 0 Å². The van der Waals surface area contributed by atoms with Gasteiger partial charge < -0.3 is 5.32 Å². The zero-order chi connectivity index (χ0) is 19.6. The van der Waals surface area contributed by atoms with Crippen LogP contribution in [0.25, 0.3) is 11.1 Å². The van der Waals surface area contributed by atoms with Crippen molar-refractivity contribution in [2.75, 3.05) is 16.3 Å². The van der Waals surface area contributed by atoms with E-state index in [1.54, 1.807) is 23.6 Å². The molecule has 1 aromatic heterocycles. The molecule has 1 amide bonds. The van der Waals surface area contributed by atoms with E-state index in [2.05, 4.69) is 10.0 Å². The van der Waals surface area contributed by atoms with E-state index >= 15 is 0 Å². The SMILES string of the molecule is CS(=O)(=O)Nc1cc(Cl)cc(NC(=O)c2cc(-c3cccc(F)c3)cs2)c1. The number of hydrogen-bond acceptors (Lipinski definition) is 4. The molecule has 0 fully saturated rings. The summed E-state index contributed by atoms with van der Waals surface area (Å²) >= 11 is 7.21. The van der Waals surface area contributed by atoms with Crippen molar-refractivity contribution in [1.29, 1.82) is 0 Å². The summed E-state index contributed by atoms with van der Waals surface area (Å²) in [6.45, 7) is 0. The van der Waals surface area contributed by atoms with Gasteiger partial charge in [0.2, 0.25) is 10.0 Å². The van der Waals surface area contributed by atoms with E-state index in [4.69, 9.17) is 11.6 Å². The number of hydrogen-bond donors (Lipinski definition) is 2. The first-order chi connectivity index (χ1) is 12.7. The molecule has 9 heteroatoms.